The quantitative estimate of drug-likeness (QED) is 0.270. The second-order valence-corrected chi connectivity index (χ2v) is 13.0. The zero-order valence-electron chi connectivity index (χ0n) is 22.0. The molecule has 4 bridgehead atoms. The number of benzene rings is 1. The van der Waals surface area contributed by atoms with E-state index in [1.165, 1.54) is 17.5 Å². The fourth-order valence-corrected chi connectivity index (χ4v) is 8.43. The lowest BCUT2D eigenvalue weighted by atomic mass is 9.46. The first-order valence-electron chi connectivity index (χ1n) is 13.3. The predicted octanol–water partition coefficient (Wildman–Crippen LogP) is 6.05. The Labute approximate surface area is 230 Å². The third-order valence-corrected chi connectivity index (χ3v) is 9.66. The van der Waals surface area contributed by atoms with Crippen molar-refractivity contribution in [3.63, 3.8) is 0 Å². The number of nitro groups is 1. The molecule has 3 aromatic rings. The SMILES string of the molecule is Cc1ccc(Cn2nc(C)c(NC(=O)CC34CC5CC(C3)CC(n3cc(Br)c([N+](=O)[O-])n3)(C5)C4)c2C)cc1. The Bertz CT molecular complexity index is 1410. The van der Waals surface area contributed by atoms with E-state index in [2.05, 4.69) is 57.5 Å². The summed E-state index contributed by atoms with van der Waals surface area (Å²) in [6.45, 7) is 6.68. The molecule has 0 aliphatic heterocycles. The third kappa shape index (κ3) is 4.36. The molecule has 4 saturated carbocycles. The summed E-state index contributed by atoms with van der Waals surface area (Å²) in [5, 5.41) is 23.8. The zero-order chi connectivity index (χ0) is 26.8. The van der Waals surface area contributed by atoms with Gasteiger partial charge in [-0.3, -0.25) is 9.48 Å². The van der Waals surface area contributed by atoms with E-state index in [0.717, 1.165) is 49.2 Å². The molecule has 1 aromatic carbocycles. The molecular weight excluding hydrogens is 548 g/mol. The Kier molecular flexibility index (Phi) is 6.01. The van der Waals surface area contributed by atoms with Gasteiger partial charge in [-0.25, -0.2) is 0 Å². The molecule has 7 rings (SSSR count). The number of rotatable bonds is 7. The lowest BCUT2D eigenvalue weighted by Crippen LogP contribution is -2.57. The van der Waals surface area contributed by atoms with Gasteiger partial charge in [0.05, 0.1) is 40.5 Å². The number of amides is 1. The molecule has 9 nitrogen and oxygen atoms in total. The van der Waals surface area contributed by atoms with Crippen LogP contribution in [0.2, 0.25) is 0 Å². The van der Waals surface area contributed by atoms with Gasteiger partial charge in [-0.2, -0.15) is 9.78 Å². The van der Waals surface area contributed by atoms with Gasteiger partial charge in [0.25, 0.3) is 0 Å². The Hall–Kier alpha value is -3.01. The smallest absolute Gasteiger partial charge is 0.358 e. The number of hydrogen-bond acceptors (Lipinski definition) is 5. The van der Waals surface area contributed by atoms with E-state index in [0.29, 0.717) is 29.3 Å². The standard InChI is InChI=1S/C28H33BrN6O3/c1-17-4-6-20(7-5-17)14-33-19(3)25(18(2)31-33)30-24(36)13-27-9-21-8-22(10-27)12-28(11-21,16-27)34-15-23(29)26(32-34)35(37)38/h4-7,15,21-22H,8-14,16H2,1-3H3,(H,30,36). The van der Waals surface area contributed by atoms with Crippen LogP contribution in [0, 0.1) is 48.1 Å². The second kappa shape index (κ2) is 9.03. The number of halogens is 1. The Morgan fingerprint density at radius 2 is 1.82 bits per heavy atom. The minimum atomic E-state index is -0.437. The molecule has 4 fully saturated rings. The topological polar surface area (TPSA) is 108 Å². The summed E-state index contributed by atoms with van der Waals surface area (Å²) in [6.07, 6.45) is 8.25. The molecule has 0 radical (unpaired) electrons. The summed E-state index contributed by atoms with van der Waals surface area (Å²) in [4.78, 5) is 24.5. The highest BCUT2D eigenvalue weighted by Crippen LogP contribution is 2.65. The highest BCUT2D eigenvalue weighted by molar-refractivity contribution is 9.10. The van der Waals surface area contributed by atoms with Gasteiger partial charge < -0.3 is 15.4 Å². The molecular formula is C28H33BrN6O3. The van der Waals surface area contributed by atoms with Crippen LogP contribution in [0.25, 0.3) is 0 Å². The van der Waals surface area contributed by atoms with E-state index in [1.54, 1.807) is 6.20 Å². The highest BCUT2D eigenvalue weighted by atomic mass is 79.9. The Morgan fingerprint density at radius 3 is 2.45 bits per heavy atom. The molecule has 2 unspecified atom stereocenters. The largest absolute Gasteiger partial charge is 0.404 e. The Balaban J connectivity index is 1.21. The maximum absolute atomic E-state index is 13.5. The number of aromatic nitrogens is 4. The van der Waals surface area contributed by atoms with Crippen molar-refractivity contribution in [1.82, 2.24) is 19.6 Å². The molecule has 0 saturated heterocycles. The summed E-state index contributed by atoms with van der Waals surface area (Å²) in [5.74, 6) is 0.926. The van der Waals surface area contributed by atoms with Gasteiger partial charge in [0, 0.05) is 6.42 Å². The van der Waals surface area contributed by atoms with E-state index >= 15 is 0 Å². The monoisotopic (exact) mass is 580 g/mol. The number of aryl methyl sites for hydroxylation is 2. The molecule has 200 valence electrons. The van der Waals surface area contributed by atoms with Crippen molar-refractivity contribution in [1.29, 1.82) is 0 Å². The van der Waals surface area contributed by atoms with Crippen LogP contribution in [0.1, 0.15) is 67.5 Å². The van der Waals surface area contributed by atoms with Crippen LogP contribution in [0.3, 0.4) is 0 Å². The van der Waals surface area contributed by atoms with Crippen LogP contribution in [-0.2, 0) is 16.9 Å². The molecule has 2 atom stereocenters. The predicted molar refractivity (Wildman–Crippen MR) is 147 cm³/mol. The molecule has 1 amide bonds. The van der Waals surface area contributed by atoms with Crippen molar-refractivity contribution in [2.45, 2.75) is 77.8 Å². The van der Waals surface area contributed by atoms with Crippen molar-refractivity contribution >= 4 is 33.3 Å². The van der Waals surface area contributed by atoms with Crippen LogP contribution in [0.4, 0.5) is 11.5 Å². The molecule has 38 heavy (non-hydrogen) atoms. The zero-order valence-corrected chi connectivity index (χ0v) is 23.6. The molecule has 10 heteroatoms. The lowest BCUT2D eigenvalue weighted by molar-refractivity contribution is -0.390. The summed E-state index contributed by atoms with van der Waals surface area (Å²) in [6, 6.07) is 8.42. The van der Waals surface area contributed by atoms with Crippen LogP contribution < -0.4 is 5.32 Å². The highest BCUT2D eigenvalue weighted by Gasteiger charge is 2.60. The molecule has 2 heterocycles. The van der Waals surface area contributed by atoms with Gasteiger partial charge in [-0.05, 0) is 103 Å². The maximum atomic E-state index is 13.5. The average Bonchev–Trinajstić information content (AvgIpc) is 3.35. The van der Waals surface area contributed by atoms with Gasteiger partial charge in [0.2, 0.25) is 5.91 Å². The molecule has 4 aliphatic carbocycles. The minimum Gasteiger partial charge on any atom is -0.358 e. The van der Waals surface area contributed by atoms with E-state index in [4.69, 9.17) is 5.10 Å². The Morgan fingerprint density at radius 1 is 1.13 bits per heavy atom. The first-order valence-corrected chi connectivity index (χ1v) is 14.1. The molecule has 1 N–H and O–H groups in total. The maximum Gasteiger partial charge on any atom is 0.404 e. The third-order valence-electron chi connectivity index (χ3n) is 9.10. The normalized spacial score (nSPS) is 27.6. The fraction of sp³-hybridized carbons (Fsp3) is 0.536. The number of nitrogens with one attached hydrogen (secondary N) is 1. The summed E-state index contributed by atoms with van der Waals surface area (Å²) in [7, 11) is 0. The number of carbonyl (C=O) groups excluding carboxylic acids is 1. The lowest BCUT2D eigenvalue weighted by Gasteiger charge is -2.61. The minimum absolute atomic E-state index is 0.0239. The van der Waals surface area contributed by atoms with Crippen LogP contribution in [0.15, 0.2) is 34.9 Å². The van der Waals surface area contributed by atoms with Crippen LogP contribution in [0.5, 0.6) is 0 Å². The second-order valence-electron chi connectivity index (χ2n) is 12.1. The fourth-order valence-electron chi connectivity index (χ4n) is 8.01. The average molecular weight is 582 g/mol. The molecule has 4 aliphatic rings. The van der Waals surface area contributed by atoms with Gasteiger partial charge in [0.15, 0.2) is 0 Å². The molecule has 2 aromatic heterocycles. The summed E-state index contributed by atoms with van der Waals surface area (Å²) >= 11 is 3.33. The van der Waals surface area contributed by atoms with Crippen LogP contribution in [-0.4, -0.2) is 30.4 Å². The van der Waals surface area contributed by atoms with Gasteiger partial charge in [0.1, 0.15) is 4.47 Å². The van der Waals surface area contributed by atoms with Crippen molar-refractivity contribution in [2.75, 3.05) is 5.32 Å². The van der Waals surface area contributed by atoms with Crippen molar-refractivity contribution < 1.29 is 9.72 Å². The van der Waals surface area contributed by atoms with E-state index in [9.17, 15) is 14.9 Å². The number of anilines is 1. The molecule has 0 spiro atoms. The van der Waals surface area contributed by atoms with Gasteiger partial charge in [-0.1, -0.05) is 29.8 Å². The van der Waals surface area contributed by atoms with Gasteiger partial charge in [-0.15, -0.1) is 0 Å². The van der Waals surface area contributed by atoms with Crippen molar-refractivity contribution in [2.24, 2.45) is 17.3 Å². The summed E-state index contributed by atoms with van der Waals surface area (Å²) < 4.78 is 4.22. The van der Waals surface area contributed by atoms with Gasteiger partial charge >= 0.3 is 5.82 Å². The number of hydrogen-bond donors (Lipinski definition) is 1. The van der Waals surface area contributed by atoms with E-state index in [-0.39, 0.29) is 22.7 Å². The first kappa shape index (κ1) is 25.3. The van der Waals surface area contributed by atoms with Crippen molar-refractivity contribution in [3.05, 3.63) is 67.6 Å². The van der Waals surface area contributed by atoms with E-state index in [1.807, 2.05) is 23.2 Å². The van der Waals surface area contributed by atoms with E-state index < -0.39 is 4.92 Å². The number of nitrogens with zero attached hydrogens (tertiary/aromatic N) is 5. The number of carbonyl (C=O) groups is 1. The first-order chi connectivity index (χ1) is 18.0. The van der Waals surface area contributed by atoms with Crippen molar-refractivity contribution in [3.8, 4) is 0 Å². The van der Waals surface area contributed by atoms with Crippen LogP contribution >= 0.6 is 15.9 Å². The summed E-state index contributed by atoms with van der Waals surface area (Å²) in [5.41, 5.74) is 4.59.